The molecular formula is C11H20FNO5S. The van der Waals surface area contributed by atoms with E-state index in [1.807, 2.05) is 0 Å². The SMILES string of the molecule is CC(C)(C)OC(=O)N1CC[C@H](F)[C@@H](OS(C)(=O)=O)C1. The van der Waals surface area contributed by atoms with E-state index in [0.717, 1.165) is 6.26 Å². The summed E-state index contributed by atoms with van der Waals surface area (Å²) in [6.45, 7) is 5.20. The van der Waals surface area contributed by atoms with Crippen molar-refractivity contribution in [1.29, 1.82) is 0 Å². The highest BCUT2D eigenvalue weighted by molar-refractivity contribution is 7.86. The number of hydrogen-bond acceptors (Lipinski definition) is 5. The minimum absolute atomic E-state index is 0.0272. The van der Waals surface area contributed by atoms with E-state index < -0.39 is 34.1 Å². The Kier molecular flexibility index (Phi) is 4.78. The van der Waals surface area contributed by atoms with Gasteiger partial charge in [-0.25, -0.2) is 9.18 Å². The smallest absolute Gasteiger partial charge is 0.410 e. The summed E-state index contributed by atoms with van der Waals surface area (Å²) in [6.07, 6.45) is -2.29. The predicted octanol–water partition coefficient (Wildman–Crippen LogP) is 1.31. The summed E-state index contributed by atoms with van der Waals surface area (Å²) in [5, 5.41) is 0. The van der Waals surface area contributed by atoms with Gasteiger partial charge in [0.25, 0.3) is 10.1 Å². The summed E-state index contributed by atoms with van der Waals surface area (Å²) in [4.78, 5) is 13.1. The molecule has 1 fully saturated rings. The Hall–Kier alpha value is -0.890. The normalized spacial score (nSPS) is 25.2. The molecule has 0 aromatic rings. The van der Waals surface area contributed by atoms with Crippen molar-refractivity contribution in [3.8, 4) is 0 Å². The molecule has 0 saturated carbocycles. The lowest BCUT2D eigenvalue weighted by Crippen LogP contribution is -2.50. The average Bonchev–Trinajstić information content (AvgIpc) is 2.16. The van der Waals surface area contributed by atoms with Crippen molar-refractivity contribution in [2.24, 2.45) is 0 Å². The van der Waals surface area contributed by atoms with E-state index in [1.165, 1.54) is 4.90 Å². The van der Waals surface area contributed by atoms with Gasteiger partial charge < -0.3 is 9.64 Å². The Morgan fingerprint density at radius 2 is 1.95 bits per heavy atom. The van der Waals surface area contributed by atoms with Crippen molar-refractivity contribution < 1.29 is 26.5 Å². The van der Waals surface area contributed by atoms with Gasteiger partial charge in [0, 0.05) is 6.54 Å². The molecule has 0 aliphatic carbocycles. The summed E-state index contributed by atoms with van der Waals surface area (Å²) < 4.78 is 45.4. The fourth-order valence-electron chi connectivity index (χ4n) is 1.70. The third-order valence-corrected chi connectivity index (χ3v) is 3.03. The number of likely N-dealkylation sites (tertiary alicyclic amines) is 1. The molecule has 2 atom stereocenters. The molecule has 1 saturated heterocycles. The van der Waals surface area contributed by atoms with Crippen molar-refractivity contribution >= 4 is 16.2 Å². The number of halogens is 1. The van der Waals surface area contributed by atoms with E-state index >= 15 is 0 Å². The largest absolute Gasteiger partial charge is 0.444 e. The highest BCUT2D eigenvalue weighted by atomic mass is 32.2. The van der Waals surface area contributed by atoms with Crippen LogP contribution in [0, 0.1) is 0 Å². The van der Waals surface area contributed by atoms with Gasteiger partial charge in [-0.3, -0.25) is 4.18 Å². The minimum atomic E-state index is -3.76. The molecule has 1 aliphatic heterocycles. The first kappa shape index (κ1) is 16.2. The van der Waals surface area contributed by atoms with Gasteiger partial charge >= 0.3 is 6.09 Å². The standard InChI is InChI=1S/C11H20FNO5S/c1-11(2,3)17-10(14)13-6-5-8(12)9(7-13)18-19(4,15)16/h8-9H,5-7H2,1-4H3/t8-,9-/m0/s1. The second-order valence-corrected chi connectivity index (χ2v) is 7.17. The molecule has 19 heavy (non-hydrogen) atoms. The molecule has 0 radical (unpaired) electrons. The number of carbonyl (C=O) groups excluding carboxylic acids is 1. The van der Waals surface area contributed by atoms with Gasteiger partial charge in [-0.2, -0.15) is 8.42 Å². The first-order valence-electron chi connectivity index (χ1n) is 5.98. The number of hydrogen-bond donors (Lipinski definition) is 0. The average molecular weight is 297 g/mol. The molecule has 6 nitrogen and oxygen atoms in total. The fraction of sp³-hybridized carbons (Fsp3) is 0.909. The third-order valence-electron chi connectivity index (χ3n) is 2.43. The summed E-state index contributed by atoms with van der Waals surface area (Å²) >= 11 is 0. The van der Waals surface area contributed by atoms with Crippen LogP contribution >= 0.6 is 0 Å². The Labute approximate surface area is 113 Å². The molecular weight excluding hydrogens is 277 g/mol. The summed E-state index contributed by atoms with van der Waals surface area (Å²) in [6, 6.07) is 0. The maximum Gasteiger partial charge on any atom is 0.410 e. The third kappa shape index (κ3) is 5.73. The molecule has 112 valence electrons. The first-order chi connectivity index (χ1) is 8.48. The zero-order chi connectivity index (χ0) is 14.8. The Morgan fingerprint density at radius 1 is 1.37 bits per heavy atom. The summed E-state index contributed by atoms with van der Waals surface area (Å²) in [5.74, 6) is 0. The molecule has 0 aromatic carbocycles. The number of alkyl halides is 1. The van der Waals surface area contributed by atoms with Gasteiger partial charge in [0.05, 0.1) is 12.8 Å². The first-order valence-corrected chi connectivity index (χ1v) is 7.80. The van der Waals surface area contributed by atoms with E-state index in [-0.39, 0.29) is 19.5 Å². The van der Waals surface area contributed by atoms with E-state index in [9.17, 15) is 17.6 Å². The molecule has 0 bridgehead atoms. The molecule has 1 rings (SSSR count). The lowest BCUT2D eigenvalue weighted by Gasteiger charge is -2.35. The quantitative estimate of drug-likeness (QED) is 0.719. The van der Waals surface area contributed by atoms with Crippen molar-refractivity contribution in [3.05, 3.63) is 0 Å². The zero-order valence-electron chi connectivity index (χ0n) is 11.6. The van der Waals surface area contributed by atoms with Gasteiger partial charge in [0.15, 0.2) is 0 Å². The fourth-order valence-corrected chi connectivity index (χ4v) is 2.33. The Bertz CT molecular complexity index is 431. The summed E-state index contributed by atoms with van der Waals surface area (Å²) in [5.41, 5.74) is -0.656. The number of ether oxygens (including phenoxy) is 1. The van der Waals surface area contributed by atoms with E-state index in [0.29, 0.717) is 0 Å². The van der Waals surface area contributed by atoms with Crippen LogP contribution in [-0.2, 0) is 19.0 Å². The van der Waals surface area contributed by atoms with Crippen molar-refractivity contribution in [1.82, 2.24) is 4.90 Å². The maximum absolute atomic E-state index is 13.6. The van der Waals surface area contributed by atoms with Crippen LogP contribution in [0.4, 0.5) is 9.18 Å². The van der Waals surface area contributed by atoms with E-state index in [4.69, 9.17) is 4.74 Å². The maximum atomic E-state index is 13.6. The molecule has 1 aliphatic rings. The molecule has 1 amide bonds. The topological polar surface area (TPSA) is 72.9 Å². The predicted molar refractivity (Wildman–Crippen MR) is 67.0 cm³/mol. The number of nitrogens with zero attached hydrogens (tertiary/aromatic N) is 1. The Morgan fingerprint density at radius 3 is 2.42 bits per heavy atom. The van der Waals surface area contributed by atoms with Crippen LogP contribution in [0.15, 0.2) is 0 Å². The zero-order valence-corrected chi connectivity index (χ0v) is 12.4. The van der Waals surface area contributed by atoms with Gasteiger partial charge in [-0.05, 0) is 27.2 Å². The van der Waals surface area contributed by atoms with Crippen LogP contribution in [0.1, 0.15) is 27.2 Å². The Balaban J connectivity index is 2.66. The summed E-state index contributed by atoms with van der Waals surface area (Å²) in [7, 11) is -3.76. The van der Waals surface area contributed by atoms with Crippen LogP contribution in [0.25, 0.3) is 0 Å². The van der Waals surface area contributed by atoms with E-state index in [1.54, 1.807) is 20.8 Å². The molecule has 0 N–H and O–H groups in total. The highest BCUT2D eigenvalue weighted by Crippen LogP contribution is 2.20. The van der Waals surface area contributed by atoms with Crippen molar-refractivity contribution in [2.45, 2.75) is 45.1 Å². The van der Waals surface area contributed by atoms with Gasteiger partial charge in [0.1, 0.15) is 17.9 Å². The van der Waals surface area contributed by atoms with Crippen LogP contribution in [-0.4, -0.2) is 56.6 Å². The van der Waals surface area contributed by atoms with E-state index in [2.05, 4.69) is 4.18 Å². The van der Waals surface area contributed by atoms with Crippen LogP contribution in [0.5, 0.6) is 0 Å². The molecule has 0 spiro atoms. The van der Waals surface area contributed by atoms with Gasteiger partial charge in [-0.15, -0.1) is 0 Å². The highest BCUT2D eigenvalue weighted by Gasteiger charge is 2.36. The van der Waals surface area contributed by atoms with Gasteiger partial charge in [-0.1, -0.05) is 0 Å². The molecule has 0 aromatic heterocycles. The van der Waals surface area contributed by atoms with Gasteiger partial charge in [0.2, 0.25) is 0 Å². The molecule has 0 unspecified atom stereocenters. The van der Waals surface area contributed by atoms with Crippen molar-refractivity contribution in [2.75, 3.05) is 19.3 Å². The lowest BCUT2D eigenvalue weighted by atomic mass is 10.1. The van der Waals surface area contributed by atoms with Crippen LogP contribution in [0.2, 0.25) is 0 Å². The van der Waals surface area contributed by atoms with Crippen LogP contribution in [0.3, 0.4) is 0 Å². The molecule has 1 heterocycles. The number of rotatable bonds is 2. The number of amides is 1. The van der Waals surface area contributed by atoms with Crippen molar-refractivity contribution in [3.63, 3.8) is 0 Å². The minimum Gasteiger partial charge on any atom is -0.444 e. The monoisotopic (exact) mass is 297 g/mol. The molecule has 8 heteroatoms. The lowest BCUT2D eigenvalue weighted by molar-refractivity contribution is -0.0106. The second kappa shape index (κ2) is 5.62. The number of piperidine rings is 1. The number of carbonyl (C=O) groups is 1. The van der Waals surface area contributed by atoms with Crippen LogP contribution < -0.4 is 0 Å². The second-order valence-electron chi connectivity index (χ2n) is 5.57.